The summed E-state index contributed by atoms with van der Waals surface area (Å²) in [6.45, 7) is 6.50. The molecule has 0 bridgehead atoms. The molecular weight excluding hydrogens is 394 g/mol. The van der Waals surface area contributed by atoms with Crippen LogP contribution in [0.2, 0.25) is 0 Å². The number of hydrogen-bond donors (Lipinski definition) is 1. The summed E-state index contributed by atoms with van der Waals surface area (Å²) in [5, 5.41) is 12.1. The van der Waals surface area contributed by atoms with Crippen LogP contribution in [0.3, 0.4) is 0 Å². The van der Waals surface area contributed by atoms with Gasteiger partial charge in [0.1, 0.15) is 11.6 Å². The van der Waals surface area contributed by atoms with Gasteiger partial charge in [-0.2, -0.15) is 0 Å². The van der Waals surface area contributed by atoms with E-state index < -0.39 is 0 Å². The van der Waals surface area contributed by atoms with Gasteiger partial charge in [-0.15, -0.1) is 34.4 Å². The van der Waals surface area contributed by atoms with Gasteiger partial charge < -0.3 is 14.8 Å². The number of likely N-dealkylation sites (tertiary alicyclic amines) is 1. The number of nitrogens with one attached hydrogen (secondary N) is 1. The van der Waals surface area contributed by atoms with E-state index in [0.717, 1.165) is 63.0 Å². The molecule has 0 radical (unpaired) electrons. The summed E-state index contributed by atoms with van der Waals surface area (Å²) in [4.78, 5) is 15.8. The third kappa shape index (κ3) is 4.88. The van der Waals surface area contributed by atoms with Crippen molar-refractivity contribution in [1.82, 2.24) is 25.0 Å². The highest BCUT2D eigenvalue weighted by atomic mass is 35.5. The molecule has 1 aromatic heterocycles. The number of carbonyl (C=O) groups is 1. The SMILES string of the molecule is Cc1ccc(SCCC(=O)N2CCC(c3nnc4n3CCNC4)CC2)cc1.Cl. The molecule has 2 aromatic rings. The van der Waals surface area contributed by atoms with E-state index in [4.69, 9.17) is 0 Å². The maximum absolute atomic E-state index is 12.5. The van der Waals surface area contributed by atoms with Crippen LogP contribution in [0.15, 0.2) is 29.2 Å². The Morgan fingerprint density at radius 2 is 1.93 bits per heavy atom. The van der Waals surface area contributed by atoms with Gasteiger partial charge in [-0.1, -0.05) is 17.7 Å². The van der Waals surface area contributed by atoms with E-state index in [-0.39, 0.29) is 18.3 Å². The maximum atomic E-state index is 12.5. The standard InChI is InChI=1S/C20H27N5OS.ClH/c1-15-2-4-17(5-3-15)27-13-8-19(26)24-10-6-16(7-11-24)20-23-22-18-14-21-9-12-25(18)20;/h2-5,16,21H,6-14H2,1H3;1H. The lowest BCUT2D eigenvalue weighted by atomic mass is 9.95. The summed E-state index contributed by atoms with van der Waals surface area (Å²) in [6, 6.07) is 8.50. The monoisotopic (exact) mass is 421 g/mol. The van der Waals surface area contributed by atoms with Crippen molar-refractivity contribution >= 4 is 30.1 Å². The van der Waals surface area contributed by atoms with Crippen LogP contribution in [-0.2, 0) is 17.9 Å². The summed E-state index contributed by atoms with van der Waals surface area (Å²) in [5.74, 6) is 3.71. The Bertz CT molecular complexity index is 786. The number of nitrogens with zero attached hydrogens (tertiary/aromatic N) is 4. The van der Waals surface area contributed by atoms with Gasteiger partial charge in [0.25, 0.3) is 0 Å². The molecule has 0 atom stereocenters. The molecule has 3 heterocycles. The molecule has 2 aliphatic heterocycles. The highest BCUT2D eigenvalue weighted by Gasteiger charge is 2.28. The van der Waals surface area contributed by atoms with E-state index in [0.29, 0.717) is 12.3 Å². The first-order chi connectivity index (χ1) is 13.2. The Morgan fingerprint density at radius 3 is 2.68 bits per heavy atom. The number of aromatic nitrogens is 3. The van der Waals surface area contributed by atoms with Crippen LogP contribution in [0.4, 0.5) is 0 Å². The summed E-state index contributed by atoms with van der Waals surface area (Å²) in [6.07, 6.45) is 2.58. The van der Waals surface area contributed by atoms with Gasteiger partial charge in [-0.25, -0.2) is 0 Å². The number of hydrogen-bond acceptors (Lipinski definition) is 5. The average Bonchev–Trinajstić information content (AvgIpc) is 3.14. The lowest BCUT2D eigenvalue weighted by Crippen LogP contribution is -2.39. The normalized spacial score (nSPS) is 17.1. The van der Waals surface area contributed by atoms with Crippen LogP contribution in [0, 0.1) is 6.92 Å². The lowest BCUT2D eigenvalue weighted by Gasteiger charge is -2.32. The molecular formula is C20H28ClN5OS. The molecule has 152 valence electrons. The van der Waals surface area contributed by atoms with Crippen molar-refractivity contribution in [1.29, 1.82) is 0 Å². The van der Waals surface area contributed by atoms with Gasteiger partial charge in [0.2, 0.25) is 5.91 Å². The number of aryl methyl sites for hydroxylation is 1. The number of benzene rings is 1. The minimum Gasteiger partial charge on any atom is -0.343 e. The zero-order valence-electron chi connectivity index (χ0n) is 16.3. The third-order valence-electron chi connectivity index (χ3n) is 5.47. The number of rotatable bonds is 5. The molecule has 1 saturated heterocycles. The van der Waals surface area contributed by atoms with E-state index in [2.05, 4.69) is 51.3 Å². The van der Waals surface area contributed by atoms with Crippen LogP contribution in [0.1, 0.15) is 42.4 Å². The average molecular weight is 422 g/mol. The molecule has 0 spiro atoms. The molecule has 28 heavy (non-hydrogen) atoms. The van der Waals surface area contributed by atoms with Crippen molar-refractivity contribution < 1.29 is 4.79 Å². The Labute approximate surface area is 176 Å². The van der Waals surface area contributed by atoms with E-state index in [1.807, 2.05) is 4.90 Å². The first kappa shape index (κ1) is 21.1. The fourth-order valence-corrected chi connectivity index (χ4v) is 4.69. The molecule has 0 saturated carbocycles. The molecule has 1 fully saturated rings. The predicted molar refractivity (Wildman–Crippen MR) is 114 cm³/mol. The summed E-state index contributed by atoms with van der Waals surface area (Å²) < 4.78 is 2.27. The number of piperidine rings is 1. The fourth-order valence-electron chi connectivity index (χ4n) is 3.85. The van der Waals surface area contributed by atoms with Crippen LogP contribution in [-0.4, -0.2) is 51.0 Å². The minimum absolute atomic E-state index is 0. The Kier molecular flexibility index (Phi) is 7.37. The predicted octanol–water partition coefficient (Wildman–Crippen LogP) is 3.00. The summed E-state index contributed by atoms with van der Waals surface area (Å²) in [7, 11) is 0. The van der Waals surface area contributed by atoms with Gasteiger partial charge in [-0.05, 0) is 31.9 Å². The third-order valence-corrected chi connectivity index (χ3v) is 6.48. The molecule has 1 N–H and O–H groups in total. The van der Waals surface area contributed by atoms with Crippen LogP contribution >= 0.6 is 24.2 Å². The first-order valence-corrected chi connectivity index (χ1v) is 10.8. The molecule has 1 amide bonds. The summed E-state index contributed by atoms with van der Waals surface area (Å²) in [5.41, 5.74) is 1.27. The largest absolute Gasteiger partial charge is 0.343 e. The van der Waals surface area contributed by atoms with Crippen LogP contribution in [0.5, 0.6) is 0 Å². The topological polar surface area (TPSA) is 63.1 Å². The molecule has 8 heteroatoms. The number of fused-ring (bicyclic) bond motifs is 1. The molecule has 6 nitrogen and oxygen atoms in total. The van der Waals surface area contributed by atoms with Gasteiger partial charge in [-0.3, -0.25) is 4.79 Å². The molecule has 2 aliphatic rings. The molecule has 1 aromatic carbocycles. The van der Waals surface area contributed by atoms with Crippen LogP contribution < -0.4 is 5.32 Å². The molecule has 0 aliphatic carbocycles. The number of carbonyl (C=O) groups excluding carboxylic acids is 1. The number of thioether (sulfide) groups is 1. The van der Waals surface area contributed by atoms with E-state index in [1.54, 1.807) is 11.8 Å². The number of amides is 1. The molecule has 0 unspecified atom stereocenters. The Hall–Kier alpha value is -1.57. The van der Waals surface area contributed by atoms with E-state index >= 15 is 0 Å². The number of halogens is 1. The second kappa shape index (κ2) is 9.76. The van der Waals surface area contributed by atoms with Crippen LogP contribution in [0.25, 0.3) is 0 Å². The highest BCUT2D eigenvalue weighted by Crippen LogP contribution is 2.28. The van der Waals surface area contributed by atoms with Crippen molar-refractivity contribution in [2.75, 3.05) is 25.4 Å². The second-order valence-electron chi connectivity index (χ2n) is 7.37. The Morgan fingerprint density at radius 1 is 1.18 bits per heavy atom. The van der Waals surface area contributed by atoms with Gasteiger partial charge >= 0.3 is 0 Å². The van der Waals surface area contributed by atoms with Crippen molar-refractivity contribution in [3.8, 4) is 0 Å². The summed E-state index contributed by atoms with van der Waals surface area (Å²) >= 11 is 1.76. The second-order valence-corrected chi connectivity index (χ2v) is 8.54. The maximum Gasteiger partial charge on any atom is 0.223 e. The smallest absolute Gasteiger partial charge is 0.223 e. The van der Waals surface area contributed by atoms with E-state index in [9.17, 15) is 4.79 Å². The molecule has 4 rings (SSSR count). The quantitative estimate of drug-likeness (QED) is 0.752. The zero-order valence-corrected chi connectivity index (χ0v) is 17.9. The van der Waals surface area contributed by atoms with E-state index in [1.165, 1.54) is 10.5 Å². The minimum atomic E-state index is 0. The van der Waals surface area contributed by atoms with Gasteiger partial charge in [0.05, 0.1) is 6.54 Å². The highest BCUT2D eigenvalue weighted by molar-refractivity contribution is 7.99. The fraction of sp³-hybridized carbons (Fsp3) is 0.550. The zero-order chi connectivity index (χ0) is 18.6. The van der Waals surface area contributed by atoms with Crippen molar-refractivity contribution in [3.05, 3.63) is 41.5 Å². The van der Waals surface area contributed by atoms with Crippen molar-refractivity contribution in [3.63, 3.8) is 0 Å². The Balaban J connectivity index is 0.00000225. The van der Waals surface area contributed by atoms with Gasteiger partial charge in [0.15, 0.2) is 0 Å². The first-order valence-electron chi connectivity index (χ1n) is 9.80. The lowest BCUT2D eigenvalue weighted by molar-refractivity contribution is -0.131. The van der Waals surface area contributed by atoms with Crippen molar-refractivity contribution in [2.24, 2.45) is 0 Å². The van der Waals surface area contributed by atoms with Crippen molar-refractivity contribution in [2.45, 2.75) is 50.1 Å². The van der Waals surface area contributed by atoms with Gasteiger partial charge in [0, 0.05) is 49.2 Å².